The minimum Gasteiger partial charge on any atom is -0.444 e. The molecular weight excluding hydrogens is 479 g/mol. The predicted octanol–water partition coefficient (Wildman–Crippen LogP) is 3.55. The van der Waals surface area contributed by atoms with Crippen molar-refractivity contribution >= 4 is 29.9 Å². The summed E-state index contributed by atoms with van der Waals surface area (Å²) < 4.78 is 33.9. The molecule has 1 aromatic carbocycles. The Morgan fingerprint density at radius 3 is 2.36 bits per heavy atom. The Kier molecular flexibility index (Phi) is 9.80. The van der Waals surface area contributed by atoms with Gasteiger partial charge in [-0.3, -0.25) is 0 Å². The first-order valence-corrected chi connectivity index (χ1v) is 8.88. The van der Waals surface area contributed by atoms with Gasteiger partial charge in [0.2, 0.25) is 5.89 Å². The maximum absolute atomic E-state index is 14.2. The number of guanidine groups is 1. The van der Waals surface area contributed by atoms with Gasteiger partial charge in [-0.05, 0) is 47.0 Å². The van der Waals surface area contributed by atoms with Gasteiger partial charge in [0.1, 0.15) is 23.9 Å². The number of aryl methyl sites for hydroxylation is 2. The van der Waals surface area contributed by atoms with Crippen molar-refractivity contribution in [3.8, 4) is 0 Å². The van der Waals surface area contributed by atoms with Gasteiger partial charge in [0, 0.05) is 18.7 Å². The summed E-state index contributed by atoms with van der Waals surface area (Å²) in [5, 5.41) is 6.25. The average Bonchev–Trinajstić information content (AvgIpc) is 2.92. The zero-order valence-electron chi connectivity index (χ0n) is 16.8. The highest BCUT2D eigenvalue weighted by atomic mass is 127. The number of likely N-dealkylation sites (N-methyl/N-ethyl adjacent to an activating group) is 1. The number of rotatable bonds is 7. The molecule has 0 aliphatic heterocycles. The summed E-state index contributed by atoms with van der Waals surface area (Å²) in [6.07, 6.45) is 0. The molecule has 0 saturated carbocycles. The van der Waals surface area contributed by atoms with Crippen LogP contribution in [0.2, 0.25) is 0 Å². The Hall–Kier alpha value is -1.75. The molecule has 0 spiro atoms. The molecule has 1 atom stereocenters. The first kappa shape index (κ1) is 24.3. The Labute approximate surface area is 181 Å². The Bertz CT molecular complexity index is 755. The van der Waals surface area contributed by atoms with Crippen molar-refractivity contribution in [1.82, 2.24) is 20.5 Å². The van der Waals surface area contributed by atoms with Crippen LogP contribution in [0, 0.1) is 25.5 Å². The smallest absolute Gasteiger partial charge is 0.216 e. The number of aliphatic imine (C=N–C) groups is 1. The molecule has 1 heterocycles. The first-order valence-electron chi connectivity index (χ1n) is 8.88. The molecule has 9 heteroatoms. The maximum Gasteiger partial charge on any atom is 0.216 e. The van der Waals surface area contributed by atoms with Gasteiger partial charge in [-0.15, -0.1) is 24.0 Å². The van der Waals surface area contributed by atoms with Crippen LogP contribution >= 0.6 is 24.0 Å². The van der Waals surface area contributed by atoms with Crippen molar-refractivity contribution in [1.29, 1.82) is 0 Å². The quantitative estimate of drug-likeness (QED) is 0.341. The number of hydrogen-bond donors (Lipinski definition) is 2. The van der Waals surface area contributed by atoms with E-state index in [1.165, 1.54) is 18.2 Å². The van der Waals surface area contributed by atoms with Gasteiger partial charge in [-0.1, -0.05) is 6.07 Å². The van der Waals surface area contributed by atoms with Crippen LogP contribution < -0.4 is 10.6 Å². The van der Waals surface area contributed by atoms with Crippen LogP contribution in [0.1, 0.15) is 35.9 Å². The molecule has 0 aliphatic carbocycles. The van der Waals surface area contributed by atoms with E-state index in [1.807, 2.05) is 20.8 Å². The zero-order valence-corrected chi connectivity index (χ0v) is 19.2. The van der Waals surface area contributed by atoms with Crippen molar-refractivity contribution in [3.05, 3.63) is 52.7 Å². The summed E-state index contributed by atoms with van der Waals surface area (Å²) in [7, 11) is 3.56. The second-order valence-electron chi connectivity index (χ2n) is 6.44. The van der Waals surface area contributed by atoms with E-state index in [9.17, 15) is 8.78 Å². The van der Waals surface area contributed by atoms with Crippen molar-refractivity contribution in [2.75, 3.05) is 27.2 Å². The number of hydrogen-bond acceptors (Lipinski definition) is 4. The van der Waals surface area contributed by atoms with Crippen LogP contribution in [-0.2, 0) is 6.54 Å². The summed E-state index contributed by atoms with van der Waals surface area (Å²) in [5.74, 6) is 0.674. The highest BCUT2D eigenvalue weighted by Crippen LogP contribution is 2.23. The number of benzene rings is 1. The van der Waals surface area contributed by atoms with Gasteiger partial charge in [0.25, 0.3) is 0 Å². The van der Waals surface area contributed by atoms with Crippen LogP contribution in [0.15, 0.2) is 27.6 Å². The highest BCUT2D eigenvalue weighted by molar-refractivity contribution is 14.0. The number of halogens is 3. The lowest BCUT2D eigenvalue weighted by molar-refractivity contribution is 0.282. The Balaban J connectivity index is 0.00000392. The molecule has 1 unspecified atom stereocenters. The standard InChI is InChI=1S/C19H27F2N5O.HI/c1-6-22-19(24-11-17-25-12(2)13(3)27-17)23-10-16(26(4)5)18-14(20)8-7-9-15(18)21;/h7-9,16H,6,10-11H2,1-5H3,(H2,22,23,24);1H. The third-order valence-electron chi connectivity index (χ3n) is 4.21. The van der Waals surface area contributed by atoms with E-state index in [4.69, 9.17) is 4.42 Å². The van der Waals surface area contributed by atoms with E-state index in [0.29, 0.717) is 18.4 Å². The highest BCUT2D eigenvalue weighted by Gasteiger charge is 2.22. The van der Waals surface area contributed by atoms with Gasteiger partial charge in [-0.2, -0.15) is 0 Å². The van der Waals surface area contributed by atoms with Gasteiger partial charge >= 0.3 is 0 Å². The van der Waals surface area contributed by atoms with Gasteiger partial charge < -0.3 is 20.0 Å². The molecule has 1 aromatic heterocycles. The van der Waals surface area contributed by atoms with E-state index in [-0.39, 0.29) is 42.6 Å². The molecule has 0 fully saturated rings. The molecule has 0 amide bonds. The van der Waals surface area contributed by atoms with Gasteiger partial charge in [-0.25, -0.2) is 18.8 Å². The molecule has 2 N–H and O–H groups in total. The predicted molar refractivity (Wildman–Crippen MR) is 117 cm³/mol. The molecule has 6 nitrogen and oxygen atoms in total. The third-order valence-corrected chi connectivity index (χ3v) is 4.21. The van der Waals surface area contributed by atoms with Crippen LogP contribution in [0.3, 0.4) is 0 Å². The Morgan fingerprint density at radius 2 is 1.86 bits per heavy atom. The van der Waals surface area contributed by atoms with Crippen molar-refractivity contribution in [3.63, 3.8) is 0 Å². The van der Waals surface area contributed by atoms with Crippen molar-refractivity contribution in [2.45, 2.75) is 33.4 Å². The number of nitrogens with one attached hydrogen (secondary N) is 2. The molecule has 28 heavy (non-hydrogen) atoms. The molecule has 0 saturated heterocycles. The van der Waals surface area contributed by atoms with Gasteiger partial charge in [0.15, 0.2) is 5.96 Å². The molecule has 0 radical (unpaired) electrons. The fourth-order valence-electron chi connectivity index (χ4n) is 2.66. The molecule has 156 valence electrons. The summed E-state index contributed by atoms with van der Waals surface area (Å²) in [5.41, 5.74) is 0.866. The van der Waals surface area contributed by atoms with Crippen LogP contribution in [-0.4, -0.2) is 43.0 Å². The number of oxazole rings is 1. The molecule has 0 bridgehead atoms. The summed E-state index contributed by atoms with van der Waals surface area (Å²) in [6, 6.07) is 3.39. The SMILES string of the molecule is CCNC(=NCc1nc(C)c(C)o1)NCC(c1c(F)cccc1F)N(C)C.I. The minimum atomic E-state index is -0.567. The van der Waals surface area contributed by atoms with E-state index < -0.39 is 17.7 Å². The van der Waals surface area contributed by atoms with E-state index in [1.54, 1.807) is 19.0 Å². The second-order valence-corrected chi connectivity index (χ2v) is 6.44. The van der Waals surface area contributed by atoms with E-state index in [0.717, 1.165) is 11.5 Å². The van der Waals surface area contributed by atoms with Gasteiger partial charge in [0.05, 0.1) is 11.7 Å². The molecule has 0 aliphatic rings. The van der Waals surface area contributed by atoms with E-state index in [2.05, 4.69) is 20.6 Å². The van der Waals surface area contributed by atoms with Crippen molar-refractivity contribution in [2.24, 2.45) is 4.99 Å². The fraction of sp³-hybridized carbons (Fsp3) is 0.474. The molecule has 2 aromatic rings. The van der Waals surface area contributed by atoms with E-state index >= 15 is 0 Å². The van der Waals surface area contributed by atoms with Crippen LogP contribution in [0.4, 0.5) is 8.78 Å². The molecule has 2 rings (SSSR count). The fourth-order valence-corrected chi connectivity index (χ4v) is 2.66. The zero-order chi connectivity index (χ0) is 20.0. The lowest BCUT2D eigenvalue weighted by Crippen LogP contribution is -2.42. The van der Waals surface area contributed by atoms with Crippen LogP contribution in [0.5, 0.6) is 0 Å². The Morgan fingerprint density at radius 1 is 1.21 bits per heavy atom. The minimum absolute atomic E-state index is 0. The topological polar surface area (TPSA) is 65.7 Å². The lowest BCUT2D eigenvalue weighted by Gasteiger charge is -2.26. The monoisotopic (exact) mass is 507 g/mol. The number of nitrogens with zero attached hydrogens (tertiary/aromatic N) is 3. The first-order chi connectivity index (χ1) is 12.8. The molecular formula is C19H28F2IN5O. The van der Waals surface area contributed by atoms with Crippen LogP contribution in [0.25, 0.3) is 0 Å². The third kappa shape index (κ3) is 6.40. The number of aromatic nitrogens is 1. The normalized spacial score (nSPS) is 12.6. The summed E-state index contributed by atoms with van der Waals surface area (Å²) in [4.78, 5) is 10.5. The average molecular weight is 507 g/mol. The lowest BCUT2D eigenvalue weighted by atomic mass is 10.0. The summed E-state index contributed by atoms with van der Waals surface area (Å²) in [6.45, 7) is 6.86. The maximum atomic E-state index is 14.2. The van der Waals surface area contributed by atoms with Crippen molar-refractivity contribution < 1.29 is 13.2 Å². The summed E-state index contributed by atoms with van der Waals surface area (Å²) >= 11 is 0. The largest absolute Gasteiger partial charge is 0.444 e. The second kappa shape index (κ2) is 11.3.